The van der Waals surface area contributed by atoms with Crippen LogP contribution in [0, 0.1) is 0 Å². The maximum atomic E-state index is 6.27. The van der Waals surface area contributed by atoms with Crippen molar-refractivity contribution in [2.75, 3.05) is 0 Å². The Balaban J connectivity index is 2.39. The molecule has 2 rings (SSSR count). The average molecular weight is 270 g/mol. The summed E-state index contributed by atoms with van der Waals surface area (Å²) in [6.45, 7) is 4.99. The first kappa shape index (κ1) is 12.6. The van der Waals surface area contributed by atoms with Crippen molar-refractivity contribution in [2.24, 2.45) is 5.73 Å². The van der Waals surface area contributed by atoms with E-state index in [-0.39, 0.29) is 6.04 Å². The summed E-state index contributed by atoms with van der Waals surface area (Å²) in [5.41, 5.74) is 8.38. The molecule has 2 heterocycles. The van der Waals surface area contributed by atoms with Gasteiger partial charge in [-0.25, -0.2) is 0 Å². The molecule has 1 unspecified atom stereocenters. The fraction of sp³-hybridized carbons (Fsp3) is 0.417. The van der Waals surface area contributed by atoms with Crippen molar-refractivity contribution in [3.8, 4) is 0 Å². The highest BCUT2D eigenvalue weighted by Gasteiger charge is 2.18. The summed E-state index contributed by atoms with van der Waals surface area (Å²) in [7, 11) is 0. The van der Waals surface area contributed by atoms with Crippen LogP contribution >= 0.6 is 22.9 Å². The zero-order valence-electron chi connectivity index (χ0n) is 9.98. The molecule has 2 aromatic heterocycles. The molecule has 0 aliphatic rings. The number of rotatable bonds is 4. The average Bonchev–Trinajstić information content (AvgIpc) is 2.93. The molecule has 17 heavy (non-hydrogen) atoms. The number of thiophene rings is 1. The fourth-order valence-corrected chi connectivity index (χ4v) is 3.01. The van der Waals surface area contributed by atoms with Crippen LogP contribution in [0.25, 0.3) is 0 Å². The highest BCUT2D eigenvalue weighted by atomic mass is 35.5. The van der Waals surface area contributed by atoms with Gasteiger partial charge in [0.05, 0.1) is 22.5 Å². The second kappa shape index (κ2) is 5.21. The summed E-state index contributed by atoms with van der Waals surface area (Å²) >= 11 is 7.71. The Hall–Kier alpha value is -0.840. The van der Waals surface area contributed by atoms with Crippen molar-refractivity contribution in [1.29, 1.82) is 0 Å². The predicted octanol–water partition coefficient (Wildman–Crippen LogP) is 3.23. The molecule has 2 aromatic rings. The van der Waals surface area contributed by atoms with Crippen LogP contribution in [0.2, 0.25) is 5.02 Å². The van der Waals surface area contributed by atoms with E-state index in [2.05, 4.69) is 25.0 Å². The first-order chi connectivity index (χ1) is 8.17. The highest BCUT2D eigenvalue weighted by molar-refractivity contribution is 7.10. The van der Waals surface area contributed by atoms with E-state index < -0.39 is 0 Å². The van der Waals surface area contributed by atoms with Gasteiger partial charge >= 0.3 is 0 Å². The van der Waals surface area contributed by atoms with Gasteiger partial charge in [-0.3, -0.25) is 4.68 Å². The van der Waals surface area contributed by atoms with E-state index in [1.54, 1.807) is 11.3 Å². The van der Waals surface area contributed by atoms with Gasteiger partial charge in [0.15, 0.2) is 0 Å². The number of halogens is 1. The molecule has 0 aromatic carbocycles. The number of hydrogen-bond donors (Lipinski definition) is 1. The van der Waals surface area contributed by atoms with E-state index in [1.807, 2.05) is 16.1 Å². The van der Waals surface area contributed by atoms with Crippen molar-refractivity contribution in [3.05, 3.63) is 38.8 Å². The van der Waals surface area contributed by atoms with Crippen LogP contribution in [-0.4, -0.2) is 9.78 Å². The lowest BCUT2D eigenvalue weighted by Crippen LogP contribution is -2.16. The first-order valence-electron chi connectivity index (χ1n) is 5.72. The summed E-state index contributed by atoms with van der Waals surface area (Å²) in [5.74, 6) is 0. The van der Waals surface area contributed by atoms with Crippen LogP contribution in [0.5, 0.6) is 0 Å². The van der Waals surface area contributed by atoms with Crippen molar-refractivity contribution >= 4 is 22.9 Å². The summed E-state index contributed by atoms with van der Waals surface area (Å²) in [6, 6.07) is 3.77. The Kier molecular flexibility index (Phi) is 3.86. The lowest BCUT2D eigenvalue weighted by atomic mass is 10.1. The van der Waals surface area contributed by atoms with Crippen LogP contribution in [0.3, 0.4) is 0 Å². The predicted molar refractivity (Wildman–Crippen MR) is 72.6 cm³/mol. The third-order valence-corrected chi connectivity index (χ3v) is 4.21. The zero-order valence-corrected chi connectivity index (χ0v) is 11.6. The number of nitrogens with two attached hydrogens (primary N) is 1. The van der Waals surface area contributed by atoms with E-state index in [0.29, 0.717) is 0 Å². The Morgan fingerprint density at radius 3 is 2.82 bits per heavy atom. The Morgan fingerprint density at radius 2 is 2.29 bits per heavy atom. The zero-order chi connectivity index (χ0) is 12.4. The minimum atomic E-state index is -0.185. The van der Waals surface area contributed by atoms with Crippen LogP contribution < -0.4 is 5.73 Å². The maximum Gasteiger partial charge on any atom is 0.0832 e. The maximum absolute atomic E-state index is 6.27. The van der Waals surface area contributed by atoms with Gasteiger partial charge in [0, 0.05) is 11.4 Å². The molecule has 3 nitrogen and oxygen atoms in total. The topological polar surface area (TPSA) is 43.8 Å². The third-order valence-electron chi connectivity index (χ3n) is 2.77. The fourth-order valence-electron chi connectivity index (χ4n) is 1.82. The largest absolute Gasteiger partial charge is 0.318 e. The second-order valence-corrected chi connectivity index (χ2v) is 5.20. The molecule has 1 atom stereocenters. The van der Waals surface area contributed by atoms with Crippen molar-refractivity contribution in [2.45, 2.75) is 32.9 Å². The van der Waals surface area contributed by atoms with Crippen molar-refractivity contribution < 1.29 is 0 Å². The Bertz CT molecular complexity index is 504. The Morgan fingerprint density at radius 1 is 1.53 bits per heavy atom. The molecule has 0 bridgehead atoms. The van der Waals surface area contributed by atoms with Gasteiger partial charge in [0.1, 0.15) is 0 Å². The van der Waals surface area contributed by atoms with Crippen LogP contribution in [0.4, 0.5) is 0 Å². The highest BCUT2D eigenvalue weighted by Crippen LogP contribution is 2.31. The lowest BCUT2D eigenvalue weighted by molar-refractivity contribution is 0.597. The quantitative estimate of drug-likeness (QED) is 0.926. The van der Waals surface area contributed by atoms with E-state index in [0.717, 1.165) is 34.3 Å². The molecule has 2 N–H and O–H groups in total. The number of nitrogens with zero attached hydrogens (tertiary/aromatic N) is 2. The molecular weight excluding hydrogens is 254 g/mol. The summed E-state index contributed by atoms with van der Waals surface area (Å²) in [5, 5.41) is 7.21. The molecule has 0 spiro atoms. The molecule has 0 saturated carbocycles. The van der Waals surface area contributed by atoms with Crippen molar-refractivity contribution in [3.63, 3.8) is 0 Å². The second-order valence-electron chi connectivity index (χ2n) is 3.84. The van der Waals surface area contributed by atoms with Gasteiger partial charge in [-0.05, 0) is 30.9 Å². The number of hydrogen-bond acceptors (Lipinski definition) is 3. The normalized spacial score (nSPS) is 12.9. The van der Waals surface area contributed by atoms with E-state index in [1.165, 1.54) is 0 Å². The molecule has 0 aliphatic heterocycles. The molecule has 0 saturated heterocycles. The van der Waals surface area contributed by atoms with E-state index in [9.17, 15) is 0 Å². The van der Waals surface area contributed by atoms with Gasteiger partial charge in [-0.2, -0.15) is 5.10 Å². The van der Waals surface area contributed by atoms with Gasteiger partial charge in [0.25, 0.3) is 0 Å². The summed E-state index contributed by atoms with van der Waals surface area (Å²) in [6.07, 6.45) is 0.922. The molecule has 5 heteroatoms. The van der Waals surface area contributed by atoms with Gasteiger partial charge < -0.3 is 5.73 Å². The minimum Gasteiger partial charge on any atom is -0.318 e. The smallest absolute Gasteiger partial charge is 0.0832 e. The van der Waals surface area contributed by atoms with Gasteiger partial charge in [0.2, 0.25) is 0 Å². The summed E-state index contributed by atoms with van der Waals surface area (Å²) in [4.78, 5) is 1.00. The molecule has 0 aliphatic carbocycles. The lowest BCUT2D eigenvalue weighted by Gasteiger charge is -2.12. The van der Waals surface area contributed by atoms with Gasteiger partial charge in [-0.1, -0.05) is 18.5 Å². The van der Waals surface area contributed by atoms with Crippen LogP contribution in [0.15, 0.2) is 17.5 Å². The monoisotopic (exact) mass is 269 g/mol. The molecular formula is C12H16ClN3S. The summed E-state index contributed by atoms with van der Waals surface area (Å²) < 4.78 is 1.96. The first-order valence-corrected chi connectivity index (χ1v) is 6.98. The third kappa shape index (κ3) is 2.39. The van der Waals surface area contributed by atoms with Crippen LogP contribution in [-0.2, 0) is 13.0 Å². The number of aromatic nitrogens is 2. The van der Waals surface area contributed by atoms with E-state index in [4.69, 9.17) is 17.3 Å². The molecule has 92 valence electrons. The SMILES string of the molecule is CCc1cc(C(N)c2sccc2Cl)n(CC)n1. The van der Waals surface area contributed by atoms with Crippen LogP contribution in [0.1, 0.15) is 36.2 Å². The standard InChI is InChI=1S/C12H16ClN3S/c1-3-8-7-10(16(4-2)15-8)11(14)12-9(13)5-6-17-12/h5-7,11H,3-4,14H2,1-2H3. The van der Waals surface area contributed by atoms with Gasteiger partial charge in [-0.15, -0.1) is 11.3 Å². The molecule has 0 amide bonds. The minimum absolute atomic E-state index is 0.185. The molecule has 0 radical (unpaired) electrons. The molecule has 0 fully saturated rings. The number of aryl methyl sites for hydroxylation is 2. The Labute approximate surface area is 110 Å². The van der Waals surface area contributed by atoms with Crippen molar-refractivity contribution in [1.82, 2.24) is 9.78 Å². The van der Waals surface area contributed by atoms with E-state index >= 15 is 0 Å².